The van der Waals surface area contributed by atoms with E-state index >= 15 is 0 Å². The second kappa shape index (κ2) is 12.7. The SMILES string of the molecule is CC.CC.CCc1cccnn1. The van der Waals surface area contributed by atoms with Gasteiger partial charge in [-0.25, -0.2) is 0 Å². The summed E-state index contributed by atoms with van der Waals surface area (Å²) >= 11 is 0. The number of hydrogen-bond donors (Lipinski definition) is 0. The molecule has 2 nitrogen and oxygen atoms in total. The molecule has 1 aromatic rings. The smallest absolute Gasteiger partial charge is 0.0628 e. The Hall–Kier alpha value is -0.920. The van der Waals surface area contributed by atoms with Crippen LogP contribution in [0, 0.1) is 0 Å². The molecule has 0 aromatic carbocycles. The molecule has 0 saturated heterocycles. The number of aryl methyl sites for hydroxylation is 1. The molecule has 0 atom stereocenters. The number of rotatable bonds is 1. The van der Waals surface area contributed by atoms with Crippen LogP contribution in [0.2, 0.25) is 0 Å². The van der Waals surface area contributed by atoms with E-state index in [9.17, 15) is 0 Å². The molecule has 1 aromatic heterocycles. The Kier molecular flexibility index (Phi) is 14.5. The van der Waals surface area contributed by atoms with Crippen LogP contribution in [-0.4, -0.2) is 10.2 Å². The fraction of sp³-hybridized carbons (Fsp3) is 0.600. The summed E-state index contributed by atoms with van der Waals surface area (Å²) in [5, 5.41) is 7.55. The van der Waals surface area contributed by atoms with Crippen molar-refractivity contribution in [3.05, 3.63) is 24.0 Å². The van der Waals surface area contributed by atoms with E-state index in [4.69, 9.17) is 0 Å². The Morgan fingerprint density at radius 3 is 2.00 bits per heavy atom. The molecule has 0 bridgehead atoms. The van der Waals surface area contributed by atoms with Crippen LogP contribution < -0.4 is 0 Å². The highest BCUT2D eigenvalue weighted by molar-refractivity contribution is 4.97. The third kappa shape index (κ3) is 7.19. The topological polar surface area (TPSA) is 25.8 Å². The molecular formula is C10H20N2. The molecule has 0 aliphatic carbocycles. The first kappa shape index (κ1) is 13.7. The summed E-state index contributed by atoms with van der Waals surface area (Å²) in [7, 11) is 0. The lowest BCUT2D eigenvalue weighted by Gasteiger charge is -1.87. The van der Waals surface area contributed by atoms with Gasteiger partial charge in [-0.05, 0) is 18.6 Å². The molecule has 1 heterocycles. The van der Waals surface area contributed by atoms with Crippen molar-refractivity contribution in [3.63, 3.8) is 0 Å². The average Bonchev–Trinajstić information content (AvgIpc) is 2.25. The van der Waals surface area contributed by atoms with Crippen LogP contribution in [0.25, 0.3) is 0 Å². The van der Waals surface area contributed by atoms with Crippen molar-refractivity contribution in [1.29, 1.82) is 0 Å². The first-order valence-corrected chi connectivity index (χ1v) is 4.70. The highest BCUT2D eigenvalue weighted by atomic mass is 15.1. The maximum Gasteiger partial charge on any atom is 0.0628 e. The van der Waals surface area contributed by atoms with Crippen molar-refractivity contribution in [2.75, 3.05) is 0 Å². The van der Waals surface area contributed by atoms with Gasteiger partial charge in [0.25, 0.3) is 0 Å². The summed E-state index contributed by atoms with van der Waals surface area (Å²) in [6.45, 7) is 10.1. The van der Waals surface area contributed by atoms with Gasteiger partial charge in [-0.15, -0.1) is 0 Å². The first-order valence-electron chi connectivity index (χ1n) is 4.70. The molecule has 0 N–H and O–H groups in total. The van der Waals surface area contributed by atoms with Crippen molar-refractivity contribution in [1.82, 2.24) is 10.2 Å². The van der Waals surface area contributed by atoms with Gasteiger partial charge in [-0.1, -0.05) is 34.6 Å². The van der Waals surface area contributed by atoms with Crippen molar-refractivity contribution >= 4 is 0 Å². The van der Waals surface area contributed by atoms with E-state index in [0.29, 0.717) is 0 Å². The third-order valence-corrected chi connectivity index (χ3v) is 0.990. The second-order valence-electron chi connectivity index (χ2n) is 1.57. The normalized spacial score (nSPS) is 7.08. The summed E-state index contributed by atoms with van der Waals surface area (Å²) in [5.41, 5.74) is 1.05. The molecule has 0 spiro atoms. The summed E-state index contributed by atoms with van der Waals surface area (Å²) in [6.07, 6.45) is 2.65. The van der Waals surface area contributed by atoms with E-state index < -0.39 is 0 Å². The van der Waals surface area contributed by atoms with E-state index in [0.717, 1.165) is 12.1 Å². The van der Waals surface area contributed by atoms with Gasteiger partial charge in [-0.3, -0.25) is 0 Å². The van der Waals surface area contributed by atoms with Crippen molar-refractivity contribution in [3.8, 4) is 0 Å². The zero-order valence-electron chi connectivity index (χ0n) is 8.83. The number of aromatic nitrogens is 2. The largest absolute Gasteiger partial charge is 0.159 e. The Morgan fingerprint density at radius 1 is 1.17 bits per heavy atom. The molecule has 0 radical (unpaired) electrons. The van der Waals surface area contributed by atoms with Crippen LogP contribution in [0.3, 0.4) is 0 Å². The van der Waals surface area contributed by atoms with E-state index in [1.807, 2.05) is 39.8 Å². The first-order chi connectivity index (χ1) is 5.93. The van der Waals surface area contributed by atoms with Gasteiger partial charge in [0.05, 0.1) is 5.69 Å². The van der Waals surface area contributed by atoms with Crippen LogP contribution >= 0.6 is 0 Å². The molecule has 0 aliphatic rings. The third-order valence-electron chi connectivity index (χ3n) is 0.990. The van der Waals surface area contributed by atoms with Gasteiger partial charge in [0.2, 0.25) is 0 Å². The molecule has 0 aliphatic heterocycles. The molecule has 70 valence electrons. The average molecular weight is 168 g/mol. The quantitative estimate of drug-likeness (QED) is 0.644. The molecule has 0 fully saturated rings. The van der Waals surface area contributed by atoms with Gasteiger partial charge in [0.15, 0.2) is 0 Å². The van der Waals surface area contributed by atoms with E-state index in [1.54, 1.807) is 6.20 Å². The monoisotopic (exact) mass is 168 g/mol. The minimum atomic E-state index is 0.966. The molecule has 12 heavy (non-hydrogen) atoms. The lowest BCUT2D eigenvalue weighted by atomic mass is 10.3. The van der Waals surface area contributed by atoms with E-state index in [-0.39, 0.29) is 0 Å². The van der Waals surface area contributed by atoms with Crippen LogP contribution in [0.4, 0.5) is 0 Å². The second-order valence-corrected chi connectivity index (χ2v) is 1.57. The maximum atomic E-state index is 3.85. The summed E-state index contributed by atoms with van der Waals surface area (Å²) in [5.74, 6) is 0. The fourth-order valence-corrected chi connectivity index (χ4v) is 0.522. The van der Waals surface area contributed by atoms with Crippen molar-refractivity contribution in [2.45, 2.75) is 41.0 Å². The lowest BCUT2D eigenvalue weighted by molar-refractivity contribution is 0.919. The standard InChI is InChI=1S/C6H8N2.2C2H6/c1-2-6-4-3-5-7-8-6;2*1-2/h3-5H,2H2,1H3;2*1-2H3. The van der Waals surface area contributed by atoms with Crippen LogP contribution in [0.15, 0.2) is 18.3 Å². The minimum Gasteiger partial charge on any atom is -0.159 e. The van der Waals surface area contributed by atoms with Gasteiger partial charge in [0, 0.05) is 6.20 Å². The maximum absolute atomic E-state index is 3.85. The highest BCUT2D eigenvalue weighted by Gasteiger charge is 1.83. The van der Waals surface area contributed by atoms with Gasteiger partial charge >= 0.3 is 0 Å². The molecule has 0 unspecified atom stereocenters. The van der Waals surface area contributed by atoms with Crippen molar-refractivity contribution < 1.29 is 0 Å². The Morgan fingerprint density at radius 2 is 1.75 bits per heavy atom. The predicted octanol–water partition coefficient (Wildman–Crippen LogP) is 3.09. The minimum absolute atomic E-state index is 0.966. The lowest BCUT2D eigenvalue weighted by Crippen LogP contribution is -1.86. The van der Waals surface area contributed by atoms with Gasteiger partial charge in [0.1, 0.15) is 0 Å². The van der Waals surface area contributed by atoms with Crippen LogP contribution in [-0.2, 0) is 6.42 Å². The Labute approximate surface area is 76.0 Å². The number of hydrogen-bond acceptors (Lipinski definition) is 2. The van der Waals surface area contributed by atoms with E-state index in [2.05, 4.69) is 17.1 Å². The fourth-order valence-electron chi connectivity index (χ4n) is 0.522. The van der Waals surface area contributed by atoms with Crippen molar-refractivity contribution in [2.24, 2.45) is 0 Å². The molecular weight excluding hydrogens is 148 g/mol. The molecule has 1 rings (SSSR count). The van der Waals surface area contributed by atoms with Crippen LogP contribution in [0.5, 0.6) is 0 Å². The number of nitrogens with zero attached hydrogens (tertiary/aromatic N) is 2. The summed E-state index contributed by atoms with van der Waals surface area (Å²) in [6, 6.07) is 3.86. The van der Waals surface area contributed by atoms with Gasteiger partial charge < -0.3 is 0 Å². The summed E-state index contributed by atoms with van der Waals surface area (Å²) in [4.78, 5) is 0. The van der Waals surface area contributed by atoms with E-state index in [1.165, 1.54) is 0 Å². The summed E-state index contributed by atoms with van der Waals surface area (Å²) < 4.78 is 0. The zero-order chi connectivity index (χ0) is 9.82. The predicted molar refractivity (Wildman–Crippen MR) is 54.1 cm³/mol. The highest BCUT2D eigenvalue weighted by Crippen LogP contribution is 1.88. The van der Waals surface area contributed by atoms with Gasteiger partial charge in [-0.2, -0.15) is 10.2 Å². The Bertz CT molecular complexity index is 149. The molecule has 0 saturated carbocycles. The zero-order valence-corrected chi connectivity index (χ0v) is 8.83. The van der Waals surface area contributed by atoms with Crippen LogP contribution in [0.1, 0.15) is 40.3 Å². The Balaban J connectivity index is 0. The molecule has 2 heteroatoms. The molecule has 0 amide bonds.